The minimum Gasteiger partial charge on any atom is -0.461 e. The molecule has 23 heavy (non-hydrogen) atoms. The van der Waals surface area contributed by atoms with Gasteiger partial charge in [-0.1, -0.05) is 17.7 Å². The Kier molecular flexibility index (Phi) is 4.14. The lowest BCUT2D eigenvalue weighted by molar-refractivity contribution is 0.0513. The van der Waals surface area contributed by atoms with Crippen LogP contribution in [0.1, 0.15) is 44.6 Å². The number of fused-ring (bicyclic) bond motifs is 1. The summed E-state index contributed by atoms with van der Waals surface area (Å²) in [5.74, 6) is -0.485. The average Bonchev–Trinajstić information content (AvgIpc) is 2.98. The number of esters is 1. The molecule has 1 N–H and O–H groups in total. The molecule has 0 spiro atoms. The van der Waals surface area contributed by atoms with Crippen molar-refractivity contribution in [2.45, 2.75) is 26.8 Å². The second kappa shape index (κ2) is 6.24. The molecule has 6 nitrogen and oxygen atoms in total. The van der Waals surface area contributed by atoms with Crippen molar-refractivity contribution in [3.63, 3.8) is 0 Å². The summed E-state index contributed by atoms with van der Waals surface area (Å²) in [6.07, 6.45) is 0.652. The fraction of sp³-hybridized carbons (Fsp3) is 0.353. The highest BCUT2D eigenvalue weighted by molar-refractivity contribution is 5.95. The molecule has 120 valence electrons. The minimum atomic E-state index is -0.449. The number of carbonyl (C=O) groups is 2. The summed E-state index contributed by atoms with van der Waals surface area (Å²) in [5, 5.41) is 6.94. The summed E-state index contributed by atoms with van der Waals surface area (Å²) >= 11 is 0. The zero-order valence-corrected chi connectivity index (χ0v) is 13.3. The highest BCUT2D eigenvalue weighted by atomic mass is 16.5. The molecule has 6 heteroatoms. The molecule has 2 aromatic rings. The molecule has 0 saturated carbocycles. The lowest BCUT2D eigenvalue weighted by Gasteiger charge is -2.27. The summed E-state index contributed by atoms with van der Waals surface area (Å²) in [5.41, 5.74) is 3.71. The summed E-state index contributed by atoms with van der Waals surface area (Å²) in [7, 11) is 0. The number of aromatic nitrogens is 2. The predicted octanol–water partition coefficient (Wildman–Crippen LogP) is 2.09. The molecular formula is C17H19N3O3. The van der Waals surface area contributed by atoms with Gasteiger partial charge in [0.2, 0.25) is 0 Å². The van der Waals surface area contributed by atoms with Crippen LogP contribution in [0, 0.1) is 6.92 Å². The van der Waals surface area contributed by atoms with E-state index in [1.807, 2.05) is 31.2 Å². The second-order valence-corrected chi connectivity index (χ2v) is 5.59. The molecule has 0 atom stereocenters. The first kappa shape index (κ1) is 15.3. The molecule has 0 radical (unpaired) electrons. The Balaban J connectivity index is 1.81. The number of aromatic amines is 1. The van der Waals surface area contributed by atoms with Crippen LogP contribution < -0.4 is 0 Å². The maximum absolute atomic E-state index is 12.6. The van der Waals surface area contributed by atoms with Gasteiger partial charge in [-0.3, -0.25) is 9.89 Å². The number of nitrogens with one attached hydrogen (secondary N) is 1. The standard InChI is InChI=1S/C17H19N3O3/c1-3-23-17(22)15-13-10-20(9-8-14(13)18-19-15)16(21)12-6-4-11(2)5-7-12/h4-7H,3,8-10H2,1-2H3,(H,18,19). The van der Waals surface area contributed by atoms with Gasteiger partial charge in [0.1, 0.15) is 0 Å². The number of amides is 1. The van der Waals surface area contributed by atoms with Crippen molar-refractivity contribution < 1.29 is 14.3 Å². The molecule has 1 aromatic carbocycles. The smallest absolute Gasteiger partial charge is 0.359 e. The normalized spacial score (nSPS) is 13.6. The van der Waals surface area contributed by atoms with Crippen molar-refractivity contribution >= 4 is 11.9 Å². The van der Waals surface area contributed by atoms with Crippen molar-refractivity contribution in [1.29, 1.82) is 0 Å². The van der Waals surface area contributed by atoms with E-state index in [-0.39, 0.29) is 11.6 Å². The first-order chi connectivity index (χ1) is 11.1. The molecule has 1 aliphatic heterocycles. The van der Waals surface area contributed by atoms with Gasteiger partial charge in [0.05, 0.1) is 13.2 Å². The second-order valence-electron chi connectivity index (χ2n) is 5.59. The lowest BCUT2D eigenvalue weighted by Crippen LogP contribution is -2.36. The third-order valence-corrected chi connectivity index (χ3v) is 3.99. The topological polar surface area (TPSA) is 75.3 Å². The van der Waals surface area contributed by atoms with E-state index in [2.05, 4.69) is 10.2 Å². The van der Waals surface area contributed by atoms with Gasteiger partial charge in [-0.05, 0) is 26.0 Å². The Labute approximate surface area is 134 Å². The van der Waals surface area contributed by atoms with Gasteiger partial charge in [-0.15, -0.1) is 0 Å². The number of hydrogen-bond donors (Lipinski definition) is 1. The molecule has 0 aliphatic carbocycles. The van der Waals surface area contributed by atoms with Crippen LogP contribution in [0.15, 0.2) is 24.3 Å². The van der Waals surface area contributed by atoms with Gasteiger partial charge in [0.25, 0.3) is 5.91 Å². The van der Waals surface area contributed by atoms with Gasteiger partial charge in [0, 0.05) is 29.8 Å². The molecule has 0 saturated heterocycles. The highest BCUT2D eigenvalue weighted by Gasteiger charge is 2.28. The third-order valence-electron chi connectivity index (χ3n) is 3.99. The maximum Gasteiger partial charge on any atom is 0.359 e. The van der Waals surface area contributed by atoms with Crippen LogP contribution in [0.5, 0.6) is 0 Å². The molecule has 1 aromatic heterocycles. The van der Waals surface area contributed by atoms with E-state index in [1.165, 1.54) is 0 Å². The average molecular weight is 313 g/mol. The van der Waals surface area contributed by atoms with Crippen LogP contribution in [-0.4, -0.2) is 40.1 Å². The van der Waals surface area contributed by atoms with Crippen LogP contribution in [0.2, 0.25) is 0 Å². The quantitative estimate of drug-likeness (QED) is 0.881. The summed E-state index contributed by atoms with van der Waals surface area (Å²) < 4.78 is 5.02. The number of hydrogen-bond acceptors (Lipinski definition) is 4. The minimum absolute atomic E-state index is 0.0355. The fourth-order valence-corrected chi connectivity index (χ4v) is 2.72. The van der Waals surface area contributed by atoms with Gasteiger partial charge in [-0.2, -0.15) is 5.10 Å². The van der Waals surface area contributed by atoms with E-state index in [4.69, 9.17) is 4.74 Å². The molecule has 1 amide bonds. The Hall–Kier alpha value is -2.63. The summed E-state index contributed by atoms with van der Waals surface area (Å²) in [6, 6.07) is 7.50. The van der Waals surface area contributed by atoms with Crippen LogP contribution in [0.3, 0.4) is 0 Å². The van der Waals surface area contributed by atoms with E-state index in [9.17, 15) is 9.59 Å². The zero-order chi connectivity index (χ0) is 16.4. The summed E-state index contributed by atoms with van der Waals surface area (Å²) in [4.78, 5) is 26.3. The van der Waals surface area contributed by atoms with Crippen LogP contribution in [0.4, 0.5) is 0 Å². The van der Waals surface area contributed by atoms with Gasteiger partial charge < -0.3 is 9.64 Å². The molecular weight excluding hydrogens is 294 g/mol. The maximum atomic E-state index is 12.6. The van der Waals surface area contributed by atoms with Crippen LogP contribution in [0.25, 0.3) is 0 Å². The zero-order valence-electron chi connectivity index (χ0n) is 13.3. The van der Waals surface area contributed by atoms with Crippen molar-refractivity contribution in [2.24, 2.45) is 0 Å². The van der Waals surface area contributed by atoms with Gasteiger partial charge in [-0.25, -0.2) is 4.79 Å². The third kappa shape index (κ3) is 2.97. The predicted molar refractivity (Wildman–Crippen MR) is 84.2 cm³/mol. The number of carbonyl (C=O) groups excluding carboxylic acids is 2. The van der Waals surface area contributed by atoms with E-state index in [1.54, 1.807) is 11.8 Å². The molecule has 0 unspecified atom stereocenters. The molecule has 1 aliphatic rings. The molecule has 0 fully saturated rings. The number of rotatable bonds is 3. The monoisotopic (exact) mass is 313 g/mol. The Morgan fingerprint density at radius 2 is 2.04 bits per heavy atom. The van der Waals surface area contributed by atoms with Crippen molar-refractivity contribution in [1.82, 2.24) is 15.1 Å². The Morgan fingerprint density at radius 1 is 1.30 bits per heavy atom. The van der Waals surface area contributed by atoms with Gasteiger partial charge >= 0.3 is 5.97 Å². The number of aryl methyl sites for hydroxylation is 1. The van der Waals surface area contributed by atoms with E-state index in [0.29, 0.717) is 31.7 Å². The number of nitrogens with zero attached hydrogens (tertiary/aromatic N) is 2. The Bertz CT molecular complexity index is 734. The van der Waals surface area contributed by atoms with Crippen molar-refractivity contribution in [3.05, 3.63) is 52.3 Å². The number of benzene rings is 1. The lowest BCUT2D eigenvalue weighted by atomic mass is 10.0. The van der Waals surface area contributed by atoms with Crippen molar-refractivity contribution in [2.75, 3.05) is 13.2 Å². The molecule has 2 heterocycles. The largest absolute Gasteiger partial charge is 0.461 e. The van der Waals surface area contributed by atoms with Crippen molar-refractivity contribution in [3.8, 4) is 0 Å². The van der Waals surface area contributed by atoms with Crippen LogP contribution in [-0.2, 0) is 17.7 Å². The number of ether oxygens (including phenoxy) is 1. The van der Waals surface area contributed by atoms with Gasteiger partial charge in [0.15, 0.2) is 5.69 Å². The SMILES string of the molecule is CCOC(=O)c1n[nH]c2c1CN(C(=O)c1ccc(C)cc1)CC2. The van der Waals surface area contributed by atoms with E-state index in [0.717, 1.165) is 16.8 Å². The first-order valence-corrected chi connectivity index (χ1v) is 7.69. The fourth-order valence-electron chi connectivity index (χ4n) is 2.72. The van der Waals surface area contributed by atoms with E-state index < -0.39 is 5.97 Å². The highest BCUT2D eigenvalue weighted by Crippen LogP contribution is 2.22. The molecule has 3 rings (SSSR count). The van der Waals surface area contributed by atoms with E-state index >= 15 is 0 Å². The first-order valence-electron chi connectivity index (χ1n) is 7.69. The van der Waals surface area contributed by atoms with Crippen LogP contribution >= 0.6 is 0 Å². The summed E-state index contributed by atoms with van der Waals surface area (Å²) in [6.45, 7) is 5.01. The Morgan fingerprint density at radius 3 is 2.74 bits per heavy atom. The molecule has 0 bridgehead atoms. The number of H-pyrrole nitrogens is 1.